The summed E-state index contributed by atoms with van der Waals surface area (Å²) in [5.74, 6) is 1.92. The van der Waals surface area contributed by atoms with Crippen molar-refractivity contribution in [3.05, 3.63) is 54.1 Å². The van der Waals surface area contributed by atoms with Gasteiger partial charge in [0.15, 0.2) is 0 Å². The number of hydrogen-bond acceptors (Lipinski definition) is 3. The molecule has 2 aromatic carbocycles. The zero-order valence-electron chi connectivity index (χ0n) is 17.4. The predicted molar refractivity (Wildman–Crippen MR) is 116 cm³/mol. The molecule has 0 atom stereocenters. The van der Waals surface area contributed by atoms with E-state index in [0.29, 0.717) is 6.61 Å². The number of benzene rings is 2. The predicted octanol–water partition coefficient (Wildman–Crippen LogP) is 7.27. The summed E-state index contributed by atoms with van der Waals surface area (Å²) in [6.45, 7) is 3.56. The van der Waals surface area contributed by atoms with Gasteiger partial charge in [-0.2, -0.15) is 0 Å². The Morgan fingerprint density at radius 1 is 0.607 bits per heavy atom. The van der Waals surface area contributed by atoms with Crippen LogP contribution in [0.3, 0.4) is 0 Å². The Morgan fingerprint density at radius 2 is 1.11 bits per heavy atom. The smallest absolute Gasteiger partial charge is 0.120 e. The van der Waals surface area contributed by atoms with Gasteiger partial charge in [-0.15, -0.1) is 0 Å². The maximum absolute atomic E-state index is 9.28. The van der Waals surface area contributed by atoms with Crippen LogP contribution in [0.4, 0.5) is 0 Å². The Balaban J connectivity index is 1.50. The minimum Gasteiger partial charge on any atom is -0.508 e. The maximum atomic E-state index is 9.28. The van der Waals surface area contributed by atoms with Crippen LogP contribution in [0.1, 0.15) is 76.7 Å². The molecule has 0 saturated heterocycles. The lowest BCUT2D eigenvalue weighted by Gasteiger charge is -2.09. The van der Waals surface area contributed by atoms with E-state index in [9.17, 15) is 5.11 Å². The molecule has 0 amide bonds. The van der Waals surface area contributed by atoms with Crippen molar-refractivity contribution in [1.29, 1.82) is 0 Å². The second kappa shape index (κ2) is 13.9. The van der Waals surface area contributed by atoms with Crippen molar-refractivity contribution in [3.63, 3.8) is 0 Å². The summed E-state index contributed by atoms with van der Waals surface area (Å²) in [7, 11) is 0. The molecule has 0 heterocycles. The summed E-state index contributed by atoms with van der Waals surface area (Å²) < 4.78 is 11.5. The summed E-state index contributed by atoms with van der Waals surface area (Å²) >= 11 is 0. The monoisotopic (exact) mass is 384 g/mol. The molecule has 0 saturated carbocycles. The third-order valence-electron chi connectivity index (χ3n) is 4.93. The van der Waals surface area contributed by atoms with Crippen LogP contribution in [0.2, 0.25) is 0 Å². The zero-order chi connectivity index (χ0) is 19.9. The maximum Gasteiger partial charge on any atom is 0.120 e. The summed E-state index contributed by atoms with van der Waals surface area (Å²) in [5.41, 5.74) is 1.10. The van der Waals surface area contributed by atoms with Crippen molar-refractivity contribution < 1.29 is 14.6 Å². The fourth-order valence-corrected chi connectivity index (χ4v) is 3.17. The van der Waals surface area contributed by atoms with Gasteiger partial charge in [0.05, 0.1) is 6.61 Å². The Labute approximate surface area is 170 Å². The number of unbranched alkanes of at least 4 members (excludes halogenated alkanes) is 9. The highest BCUT2D eigenvalue weighted by Crippen LogP contribution is 2.19. The molecule has 3 nitrogen and oxygen atoms in total. The molecule has 0 spiro atoms. The standard InChI is InChI=1S/C25H36O3/c1-2-3-4-5-6-7-8-9-10-11-20-27-24-16-12-22(13-17-24)21-28-25-18-14-23(26)15-19-25/h12-19,26H,2-11,20-21H2,1H3. The molecule has 0 unspecified atom stereocenters. The molecule has 0 aliphatic rings. The number of hydrogen-bond donors (Lipinski definition) is 1. The van der Waals surface area contributed by atoms with Gasteiger partial charge in [0.1, 0.15) is 23.9 Å². The number of phenolic OH excluding ortho intramolecular Hbond substituents is 1. The highest BCUT2D eigenvalue weighted by molar-refractivity contribution is 5.31. The summed E-state index contributed by atoms with van der Waals surface area (Å²) in [6, 6.07) is 14.9. The average Bonchev–Trinajstić information content (AvgIpc) is 2.72. The van der Waals surface area contributed by atoms with E-state index in [1.807, 2.05) is 24.3 Å². The Hall–Kier alpha value is -2.16. The van der Waals surface area contributed by atoms with E-state index in [1.165, 1.54) is 57.8 Å². The second-order valence-corrected chi connectivity index (χ2v) is 7.46. The number of rotatable bonds is 15. The van der Waals surface area contributed by atoms with Crippen LogP contribution in [0, 0.1) is 0 Å². The van der Waals surface area contributed by atoms with E-state index in [2.05, 4.69) is 6.92 Å². The molecule has 0 aliphatic carbocycles. The normalized spacial score (nSPS) is 10.8. The van der Waals surface area contributed by atoms with Crippen LogP contribution in [0.25, 0.3) is 0 Å². The van der Waals surface area contributed by atoms with Crippen LogP contribution in [-0.4, -0.2) is 11.7 Å². The zero-order valence-corrected chi connectivity index (χ0v) is 17.4. The van der Waals surface area contributed by atoms with Crippen molar-refractivity contribution in [3.8, 4) is 17.2 Å². The van der Waals surface area contributed by atoms with Gasteiger partial charge < -0.3 is 14.6 Å². The number of aromatic hydroxyl groups is 1. The SMILES string of the molecule is CCCCCCCCCCCCOc1ccc(COc2ccc(O)cc2)cc1. The Kier molecular flexibility index (Phi) is 11.0. The number of ether oxygens (including phenoxy) is 2. The van der Waals surface area contributed by atoms with E-state index >= 15 is 0 Å². The van der Waals surface area contributed by atoms with Crippen LogP contribution in [0.5, 0.6) is 17.2 Å². The van der Waals surface area contributed by atoms with E-state index in [-0.39, 0.29) is 5.75 Å². The minimum atomic E-state index is 0.247. The number of phenols is 1. The molecule has 0 radical (unpaired) electrons. The highest BCUT2D eigenvalue weighted by atomic mass is 16.5. The van der Waals surface area contributed by atoms with Gasteiger partial charge in [-0.3, -0.25) is 0 Å². The van der Waals surface area contributed by atoms with Gasteiger partial charge in [-0.1, -0.05) is 76.8 Å². The van der Waals surface area contributed by atoms with E-state index in [4.69, 9.17) is 9.47 Å². The van der Waals surface area contributed by atoms with Crippen LogP contribution < -0.4 is 9.47 Å². The first-order valence-electron chi connectivity index (χ1n) is 10.9. The lowest BCUT2D eigenvalue weighted by atomic mass is 10.1. The van der Waals surface area contributed by atoms with E-state index in [1.54, 1.807) is 24.3 Å². The fourth-order valence-electron chi connectivity index (χ4n) is 3.17. The first-order chi connectivity index (χ1) is 13.8. The highest BCUT2D eigenvalue weighted by Gasteiger charge is 1.99. The first kappa shape index (κ1) is 22.1. The quantitative estimate of drug-likeness (QED) is 0.328. The summed E-state index contributed by atoms with van der Waals surface area (Å²) in [4.78, 5) is 0. The van der Waals surface area contributed by atoms with Crippen LogP contribution >= 0.6 is 0 Å². The molecule has 0 fully saturated rings. The Morgan fingerprint density at radius 3 is 1.71 bits per heavy atom. The third kappa shape index (κ3) is 9.68. The van der Waals surface area contributed by atoms with Crippen molar-refractivity contribution in [2.45, 2.75) is 77.7 Å². The minimum absolute atomic E-state index is 0.247. The van der Waals surface area contributed by atoms with Crippen molar-refractivity contribution in [2.24, 2.45) is 0 Å². The van der Waals surface area contributed by atoms with E-state index < -0.39 is 0 Å². The molecule has 28 heavy (non-hydrogen) atoms. The topological polar surface area (TPSA) is 38.7 Å². The second-order valence-electron chi connectivity index (χ2n) is 7.46. The van der Waals surface area contributed by atoms with Crippen LogP contribution in [-0.2, 0) is 6.61 Å². The van der Waals surface area contributed by atoms with Gasteiger partial charge in [0, 0.05) is 0 Å². The molecule has 3 heteroatoms. The van der Waals surface area contributed by atoms with Gasteiger partial charge in [0.2, 0.25) is 0 Å². The lowest BCUT2D eigenvalue weighted by molar-refractivity contribution is 0.300. The van der Waals surface area contributed by atoms with Crippen LogP contribution in [0.15, 0.2) is 48.5 Å². The fraction of sp³-hybridized carbons (Fsp3) is 0.520. The third-order valence-corrected chi connectivity index (χ3v) is 4.93. The van der Waals surface area contributed by atoms with Crippen molar-refractivity contribution in [1.82, 2.24) is 0 Å². The van der Waals surface area contributed by atoms with Gasteiger partial charge in [-0.05, 0) is 48.4 Å². The molecular formula is C25H36O3. The van der Waals surface area contributed by atoms with Gasteiger partial charge >= 0.3 is 0 Å². The largest absolute Gasteiger partial charge is 0.508 e. The molecule has 0 aromatic heterocycles. The van der Waals surface area contributed by atoms with Gasteiger partial charge in [-0.25, -0.2) is 0 Å². The molecule has 1 N–H and O–H groups in total. The first-order valence-corrected chi connectivity index (χ1v) is 10.9. The summed E-state index contributed by atoms with van der Waals surface area (Å²) in [6.07, 6.45) is 13.4. The summed E-state index contributed by atoms with van der Waals surface area (Å²) in [5, 5.41) is 9.28. The average molecular weight is 385 g/mol. The molecule has 0 bridgehead atoms. The van der Waals surface area contributed by atoms with Gasteiger partial charge in [0.25, 0.3) is 0 Å². The van der Waals surface area contributed by atoms with Crippen molar-refractivity contribution >= 4 is 0 Å². The molecule has 2 aromatic rings. The molecule has 0 aliphatic heterocycles. The molecule has 2 rings (SSSR count). The molecular weight excluding hydrogens is 348 g/mol. The lowest BCUT2D eigenvalue weighted by Crippen LogP contribution is -1.98. The van der Waals surface area contributed by atoms with E-state index in [0.717, 1.165) is 30.1 Å². The Bertz CT molecular complexity index is 619. The molecule has 154 valence electrons. The van der Waals surface area contributed by atoms with Crippen molar-refractivity contribution in [2.75, 3.05) is 6.61 Å².